The summed E-state index contributed by atoms with van der Waals surface area (Å²) in [5, 5.41) is 26.4. The third-order valence-corrected chi connectivity index (χ3v) is 7.36. The third kappa shape index (κ3) is 3.84. The average Bonchev–Trinajstić information content (AvgIpc) is 3.40. The Morgan fingerprint density at radius 3 is 2.76 bits per heavy atom. The standard InChI is InChI=1S/C23H24F3N5O2/c24-23(25,26)18-7-17(4-3-15(18)9-27)31-11-16-10-30(6-5-22(16,12-31)13-32)21(33)20-8-19(28-29-20)14-1-2-14/h3-4,7-8,14,16,32H,1-2,5-6,10-13H2,(H,28,29)/t16-,22+/m1/s1. The first kappa shape index (κ1) is 21.8. The van der Waals surface area contributed by atoms with Gasteiger partial charge in [-0.1, -0.05) is 0 Å². The van der Waals surface area contributed by atoms with E-state index in [1.54, 1.807) is 11.0 Å². The maximum Gasteiger partial charge on any atom is 0.417 e. The molecule has 33 heavy (non-hydrogen) atoms. The second kappa shape index (κ2) is 7.76. The van der Waals surface area contributed by atoms with Crippen LogP contribution in [0, 0.1) is 22.7 Å². The number of carbonyl (C=O) groups excluding carboxylic acids is 1. The number of aliphatic hydroxyl groups is 1. The molecule has 2 atom stereocenters. The Morgan fingerprint density at radius 2 is 2.09 bits per heavy atom. The van der Waals surface area contributed by atoms with Crippen LogP contribution < -0.4 is 4.90 Å². The summed E-state index contributed by atoms with van der Waals surface area (Å²) in [4.78, 5) is 16.6. The zero-order valence-corrected chi connectivity index (χ0v) is 17.9. The number of carbonyl (C=O) groups is 1. The molecule has 1 aromatic carbocycles. The van der Waals surface area contributed by atoms with Gasteiger partial charge in [-0.25, -0.2) is 0 Å². The second-order valence-corrected chi connectivity index (χ2v) is 9.42. The van der Waals surface area contributed by atoms with Gasteiger partial charge in [0, 0.05) is 54.8 Å². The number of H-pyrrole nitrogens is 1. The average molecular weight is 459 g/mol. The van der Waals surface area contributed by atoms with Crippen LogP contribution >= 0.6 is 0 Å². The van der Waals surface area contributed by atoms with Crippen molar-refractivity contribution >= 4 is 11.6 Å². The van der Waals surface area contributed by atoms with Gasteiger partial charge in [0.15, 0.2) is 0 Å². The molecule has 1 amide bonds. The predicted octanol–water partition coefficient (Wildman–Crippen LogP) is 3.14. The monoisotopic (exact) mass is 459 g/mol. The summed E-state index contributed by atoms with van der Waals surface area (Å²) in [5.74, 6) is 0.202. The molecule has 1 aliphatic carbocycles. The van der Waals surface area contributed by atoms with Gasteiger partial charge < -0.3 is 14.9 Å². The lowest BCUT2D eigenvalue weighted by atomic mass is 9.73. The molecular weight excluding hydrogens is 435 g/mol. The topological polar surface area (TPSA) is 96.3 Å². The van der Waals surface area contributed by atoms with Crippen LogP contribution in [-0.4, -0.2) is 58.9 Å². The van der Waals surface area contributed by atoms with E-state index in [2.05, 4.69) is 10.2 Å². The van der Waals surface area contributed by atoms with Gasteiger partial charge >= 0.3 is 6.18 Å². The van der Waals surface area contributed by atoms with Gasteiger partial charge in [0.2, 0.25) is 0 Å². The molecular formula is C23H24F3N5O2. The molecule has 174 valence electrons. The molecule has 3 heterocycles. The molecule has 0 radical (unpaired) electrons. The Morgan fingerprint density at radius 1 is 1.30 bits per heavy atom. The van der Waals surface area contributed by atoms with Crippen LogP contribution in [0.2, 0.25) is 0 Å². The third-order valence-electron chi connectivity index (χ3n) is 7.36. The molecule has 2 saturated heterocycles. The van der Waals surface area contributed by atoms with Crippen LogP contribution in [0.15, 0.2) is 24.3 Å². The lowest BCUT2D eigenvalue weighted by Gasteiger charge is -2.42. The van der Waals surface area contributed by atoms with E-state index in [4.69, 9.17) is 5.26 Å². The van der Waals surface area contributed by atoms with Gasteiger partial charge in [-0.3, -0.25) is 9.89 Å². The van der Waals surface area contributed by atoms with Crippen LogP contribution in [0.5, 0.6) is 0 Å². The van der Waals surface area contributed by atoms with Crippen molar-refractivity contribution in [2.45, 2.75) is 31.4 Å². The molecule has 0 spiro atoms. The zero-order chi connectivity index (χ0) is 23.4. The first-order chi connectivity index (χ1) is 15.7. The highest BCUT2D eigenvalue weighted by Gasteiger charge is 2.50. The zero-order valence-electron chi connectivity index (χ0n) is 17.9. The molecule has 0 unspecified atom stereocenters. The van der Waals surface area contributed by atoms with Crippen LogP contribution in [0.1, 0.15) is 52.5 Å². The van der Waals surface area contributed by atoms with E-state index in [1.807, 2.05) is 11.0 Å². The maximum atomic E-state index is 13.4. The fraction of sp³-hybridized carbons (Fsp3) is 0.522. The number of nitrogens with one attached hydrogen (secondary N) is 1. The Balaban J connectivity index is 1.35. The lowest BCUT2D eigenvalue weighted by molar-refractivity contribution is -0.137. The number of rotatable bonds is 4. The smallest absolute Gasteiger partial charge is 0.396 e. The minimum atomic E-state index is -4.63. The minimum absolute atomic E-state index is 0.0907. The number of hydrogen-bond donors (Lipinski definition) is 2. The number of benzene rings is 1. The molecule has 5 rings (SSSR count). The molecule has 3 fully saturated rings. The van der Waals surface area contributed by atoms with E-state index < -0.39 is 22.7 Å². The summed E-state index contributed by atoms with van der Waals surface area (Å²) < 4.78 is 40.3. The molecule has 7 nitrogen and oxygen atoms in total. The van der Waals surface area contributed by atoms with Gasteiger partial charge in [0.25, 0.3) is 5.91 Å². The number of halogens is 3. The van der Waals surface area contributed by atoms with Gasteiger partial charge in [0.1, 0.15) is 5.69 Å². The molecule has 2 N–H and O–H groups in total. The number of nitriles is 1. The van der Waals surface area contributed by atoms with Crippen LogP contribution in [0.25, 0.3) is 0 Å². The van der Waals surface area contributed by atoms with Crippen molar-refractivity contribution in [1.29, 1.82) is 5.26 Å². The van der Waals surface area contributed by atoms with Gasteiger partial charge in [-0.2, -0.15) is 23.5 Å². The molecule has 2 aromatic rings. The van der Waals surface area contributed by atoms with Crippen molar-refractivity contribution in [3.05, 3.63) is 46.8 Å². The molecule has 10 heteroatoms. The number of likely N-dealkylation sites (tertiary alicyclic amines) is 1. The summed E-state index contributed by atoms with van der Waals surface area (Å²) in [6.45, 7) is 1.57. The summed E-state index contributed by atoms with van der Waals surface area (Å²) >= 11 is 0. The lowest BCUT2D eigenvalue weighted by Crippen LogP contribution is -2.50. The van der Waals surface area contributed by atoms with Gasteiger partial charge in [0.05, 0.1) is 23.8 Å². The number of fused-ring (bicyclic) bond motifs is 1. The largest absolute Gasteiger partial charge is 0.417 e. The van der Waals surface area contributed by atoms with Crippen LogP contribution in [-0.2, 0) is 6.18 Å². The quantitative estimate of drug-likeness (QED) is 0.733. The van der Waals surface area contributed by atoms with E-state index in [0.29, 0.717) is 49.9 Å². The van der Waals surface area contributed by atoms with Crippen molar-refractivity contribution in [2.75, 3.05) is 37.7 Å². The van der Waals surface area contributed by atoms with E-state index in [-0.39, 0.29) is 18.4 Å². The second-order valence-electron chi connectivity index (χ2n) is 9.42. The van der Waals surface area contributed by atoms with E-state index in [0.717, 1.165) is 24.6 Å². The van der Waals surface area contributed by atoms with Crippen molar-refractivity contribution in [3.8, 4) is 6.07 Å². The van der Waals surface area contributed by atoms with Crippen molar-refractivity contribution in [1.82, 2.24) is 15.1 Å². The highest BCUT2D eigenvalue weighted by Crippen LogP contribution is 2.45. The summed E-state index contributed by atoms with van der Waals surface area (Å²) in [6, 6.07) is 7.13. The van der Waals surface area contributed by atoms with Gasteiger partial charge in [-0.05, 0) is 43.5 Å². The number of anilines is 1. The fourth-order valence-corrected chi connectivity index (χ4v) is 5.19. The normalized spacial score (nSPS) is 25.1. The predicted molar refractivity (Wildman–Crippen MR) is 112 cm³/mol. The van der Waals surface area contributed by atoms with Crippen molar-refractivity contribution in [3.63, 3.8) is 0 Å². The summed E-state index contributed by atoms with van der Waals surface area (Å²) in [6.07, 6.45) is -1.88. The molecule has 1 aromatic heterocycles. The van der Waals surface area contributed by atoms with E-state index in [1.165, 1.54) is 12.1 Å². The van der Waals surface area contributed by atoms with Crippen LogP contribution in [0.3, 0.4) is 0 Å². The fourth-order valence-electron chi connectivity index (χ4n) is 5.19. The molecule has 2 aliphatic heterocycles. The number of hydrogen-bond acceptors (Lipinski definition) is 5. The number of aliphatic hydroxyl groups excluding tert-OH is 1. The number of alkyl halides is 3. The number of piperidine rings is 1. The SMILES string of the molecule is N#Cc1ccc(N2C[C@H]3CN(C(=O)c4cc(C5CC5)[nH]n4)CC[C@@]3(CO)C2)cc1C(F)(F)F. The van der Waals surface area contributed by atoms with Gasteiger partial charge in [-0.15, -0.1) is 0 Å². The Hall–Kier alpha value is -3.06. The first-order valence-electron chi connectivity index (χ1n) is 11.1. The number of aromatic amines is 1. The molecule has 3 aliphatic rings. The number of aromatic nitrogens is 2. The summed E-state index contributed by atoms with van der Waals surface area (Å²) in [7, 11) is 0. The number of amides is 1. The first-order valence-corrected chi connectivity index (χ1v) is 11.1. The van der Waals surface area contributed by atoms with Crippen molar-refractivity contribution < 1.29 is 23.1 Å². The highest BCUT2D eigenvalue weighted by atomic mass is 19.4. The Kier molecular flexibility index (Phi) is 5.12. The van der Waals surface area contributed by atoms with E-state index >= 15 is 0 Å². The Labute approximate surface area is 188 Å². The maximum absolute atomic E-state index is 13.4. The highest BCUT2D eigenvalue weighted by molar-refractivity contribution is 5.92. The summed E-state index contributed by atoms with van der Waals surface area (Å²) in [5.41, 5.74) is -0.145. The molecule has 1 saturated carbocycles. The molecule has 0 bridgehead atoms. The van der Waals surface area contributed by atoms with E-state index in [9.17, 15) is 23.1 Å². The minimum Gasteiger partial charge on any atom is -0.396 e. The number of nitrogens with zero attached hydrogens (tertiary/aromatic N) is 4. The Bertz CT molecular complexity index is 1120. The van der Waals surface area contributed by atoms with Crippen LogP contribution in [0.4, 0.5) is 18.9 Å². The van der Waals surface area contributed by atoms with Crippen molar-refractivity contribution in [2.24, 2.45) is 11.3 Å².